The molecule has 27 heavy (non-hydrogen) atoms. The predicted molar refractivity (Wildman–Crippen MR) is 98.7 cm³/mol. The summed E-state index contributed by atoms with van der Waals surface area (Å²) in [6.07, 6.45) is 1.33. The van der Waals surface area contributed by atoms with Gasteiger partial charge in [-0.15, -0.1) is 0 Å². The number of non-ortho nitro benzene ring substituents is 1. The Labute approximate surface area is 153 Å². The molecule has 0 spiro atoms. The molecule has 2 N–H and O–H groups in total. The highest BCUT2D eigenvalue weighted by Crippen LogP contribution is 2.21. The van der Waals surface area contributed by atoms with Gasteiger partial charge in [0.1, 0.15) is 11.4 Å². The van der Waals surface area contributed by atoms with Crippen LogP contribution in [0.2, 0.25) is 0 Å². The second kappa shape index (κ2) is 7.91. The van der Waals surface area contributed by atoms with Crippen LogP contribution in [0.5, 0.6) is 5.75 Å². The van der Waals surface area contributed by atoms with Crippen molar-refractivity contribution < 1.29 is 14.5 Å². The molecule has 0 aliphatic rings. The van der Waals surface area contributed by atoms with E-state index in [4.69, 9.17) is 4.74 Å². The standard InChI is InChI=1S/C18H15N5O4/c1-27-15-7-5-13(6-8-15)16-10-17(21-20-16)18(24)22-19-11-12-3-2-4-14(9-12)23(25)26/h2-11H,1H3,(H,20,21)(H,22,24). The molecule has 3 aromatic rings. The third kappa shape index (κ3) is 4.34. The second-order valence-corrected chi connectivity index (χ2v) is 5.45. The van der Waals surface area contributed by atoms with Crippen molar-refractivity contribution in [2.75, 3.05) is 7.11 Å². The van der Waals surface area contributed by atoms with E-state index in [2.05, 4.69) is 20.7 Å². The Morgan fingerprint density at radius 2 is 2.04 bits per heavy atom. The lowest BCUT2D eigenvalue weighted by atomic mass is 10.1. The molecule has 0 radical (unpaired) electrons. The number of carbonyl (C=O) groups is 1. The number of amides is 1. The van der Waals surface area contributed by atoms with Crippen molar-refractivity contribution in [1.82, 2.24) is 15.6 Å². The molecule has 0 atom stereocenters. The summed E-state index contributed by atoms with van der Waals surface area (Å²) < 4.78 is 5.10. The van der Waals surface area contributed by atoms with Crippen LogP contribution in [0.15, 0.2) is 59.7 Å². The van der Waals surface area contributed by atoms with Crippen LogP contribution >= 0.6 is 0 Å². The summed E-state index contributed by atoms with van der Waals surface area (Å²) in [5.74, 6) is 0.242. The van der Waals surface area contributed by atoms with Gasteiger partial charge in [-0.3, -0.25) is 20.0 Å². The normalized spacial score (nSPS) is 10.7. The number of hydrogen-bond acceptors (Lipinski definition) is 6. The number of carbonyl (C=O) groups excluding carboxylic acids is 1. The lowest BCUT2D eigenvalue weighted by Gasteiger charge is -2.00. The monoisotopic (exact) mass is 365 g/mol. The van der Waals surface area contributed by atoms with E-state index in [9.17, 15) is 14.9 Å². The van der Waals surface area contributed by atoms with E-state index in [1.54, 1.807) is 31.4 Å². The van der Waals surface area contributed by atoms with E-state index in [1.807, 2.05) is 12.1 Å². The minimum atomic E-state index is -0.499. The number of nitro groups is 1. The van der Waals surface area contributed by atoms with Crippen LogP contribution in [0.25, 0.3) is 11.3 Å². The number of nitrogens with one attached hydrogen (secondary N) is 2. The molecule has 0 saturated heterocycles. The molecule has 0 unspecified atom stereocenters. The molecule has 0 aliphatic carbocycles. The molecule has 136 valence electrons. The molecule has 9 nitrogen and oxygen atoms in total. The van der Waals surface area contributed by atoms with E-state index in [0.29, 0.717) is 11.3 Å². The molecule has 0 saturated carbocycles. The molecular weight excluding hydrogens is 350 g/mol. The molecule has 9 heteroatoms. The van der Waals surface area contributed by atoms with Crippen LogP contribution in [0.1, 0.15) is 16.1 Å². The van der Waals surface area contributed by atoms with E-state index in [1.165, 1.54) is 24.4 Å². The highest BCUT2D eigenvalue weighted by atomic mass is 16.6. The number of aromatic nitrogens is 2. The third-order valence-corrected chi connectivity index (χ3v) is 3.67. The van der Waals surface area contributed by atoms with E-state index >= 15 is 0 Å². The zero-order valence-corrected chi connectivity index (χ0v) is 14.2. The Balaban J connectivity index is 1.65. The third-order valence-electron chi connectivity index (χ3n) is 3.67. The summed E-state index contributed by atoms with van der Waals surface area (Å²) in [7, 11) is 1.58. The number of H-pyrrole nitrogens is 1. The quantitative estimate of drug-likeness (QED) is 0.395. The average Bonchev–Trinajstić information content (AvgIpc) is 3.18. The number of ether oxygens (including phenoxy) is 1. The Morgan fingerprint density at radius 1 is 1.26 bits per heavy atom. The number of methoxy groups -OCH3 is 1. The summed E-state index contributed by atoms with van der Waals surface area (Å²) >= 11 is 0. The Bertz CT molecular complexity index is 995. The number of rotatable bonds is 6. The largest absolute Gasteiger partial charge is 0.497 e. The predicted octanol–water partition coefficient (Wildman–Crippen LogP) is 2.76. The van der Waals surface area contributed by atoms with Crippen molar-refractivity contribution in [1.29, 1.82) is 0 Å². The van der Waals surface area contributed by atoms with Gasteiger partial charge in [0.25, 0.3) is 11.6 Å². The molecule has 3 rings (SSSR count). The second-order valence-electron chi connectivity index (χ2n) is 5.45. The van der Waals surface area contributed by atoms with Crippen LogP contribution in [-0.2, 0) is 0 Å². The minimum Gasteiger partial charge on any atom is -0.497 e. The van der Waals surface area contributed by atoms with Crippen molar-refractivity contribution in [2.24, 2.45) is 5.10 Å². The number of hydrazone groups is 1. The van der Waals surface area contributed by atoms with Crippen LogP contribution in [0, 0.1) is 10.1 Å². The highest BCUT2D eigenvalue weighted by Gasteiger charge is 2.10. The first-order valence-electron chi connectivity index (χ1n) is 7.84. The van der Waals surface area contributed by atoms with Crippen molar-refractivity contribution in [3.8, 4) is 17.0 Å². The molecular formula is C18H15N5O4. The minimum absolute atomic E-state index is 0.0528. The molecule has 0 aliphatic heterocycles. The van der Waals surface area contributed by atoms with Gasteiger partial charge in [0.15, 0.2) is 0 Å². The maximum atomic E-state index is 12.1. The van der Waals surface area contributed by atoms with Crippen LogP contribution in [-0.4, -0.2) is 34.4 Å². The highest BCUT2D eigenvalue weighted by molar-refractivity contribution is 5.94. The number of aromatic amines is 1. The first-order valence-corrected chi connectivity index (χ1v) is 7.84. The average molecular weight is 365 g/mol. The molecule has 0 bridgehead atoms. The lowest BCUT2D eigenvalue weighted by molar-refractivity contribution is -0.384. The van der Waals surface area contributed by atoms with Crippen molar-refractivity contribution in [2.45, 2.75) is 0 Å². The maximum absolute atomic E-state index is 12.1. The van der Waals surface area contributed by atoms with Gasteiger partial charge in [0.2, 0.25) is 0 Å². The Morgan fingerprint density at radius 3 is 2.74 bits per heavy atom. The number of hydrogen-bond donors (Lipinski definition) is 2. The first-order chi connectivity index (χ1) is 13.1. The van der Waals surface area contributed by atoms with Crippen molar-refractivity contribution >= 4 is 17.8 Å². The molecule has 0 fully saturated rings. The van der Waals surface area contributed by atoms with Gasteiger partial charge >= 0.3 is 0 Å². The Kier molecular flexibility index (Phi) is 5.22. The summed E-state index contributed by atoms with van der Waals surface area (Å²) in [5.41, 5.74) is 4.45. The van der Waals surface area contributed by atoms with Gasteiger partial charge in [-0.2, -0.15) is 10.2 Å². The Hall–Kier alpha value is -4.01. The summed E-state index contributed by atoms with van der Waals surface area (Å²) in [5, 5.41) is 21.3. The van der Waals surface area contributed by atoms with Gasteiger partial charge in [0, 0.05) is 23.3 Å². The van der Waals surface area contributed by atoms with Gasteiger partial charge in [0.05, 0.1) is 23.9 Å². The fraction of sp³-hybridized carbons (Fsp3) is 0.0556. The fourth-order valence-electron chi connectivity index (χ4n) is 2.29. The smallest absolute Gasteiger partial charge is 0.289 e. The topological polar surface area (TPSA) is 123 Å². The van der Waals surface area contributed by atoms with E-state index in [-0.39, 0.29) is 11.4 Å². The zero-order valence-electron chi connectivity index (χ0n) is 14.2. The molecule has 1 heterocycles. The molecule has 2 aromatic carbocycles. The summed E-state index contributed by atoms with van der Waals surface area (Å²) in [4.78, 5) is 22.4. The van der Waals surface area contributed by atoms with Gasteiger partial charge in [-0.25, -0.2) is 5.43 Å². The van der Waals surface area contributed by atoms with Crippen molar-refractivity contribution in [3.63, 3.8) is 0 Å². The van der Waals surface area contributed by atoms with Crippen LogP contribution < -0.4 is 10.2 Å². The van der Waals surface area contributed by atoms with Gasteiger partial charge < -0.3 is 4.74 Å². The van der Waals surface area contributed by atoms with Crippen LogP contribution in [0.4, 0.5) is 5.69 Å². The molecule has 1 amide bonds. The maximum Gasteiger partial charge on any atom is 0.289 e. The number of benzene rings is 2. The van der Waals surface area contributed by atoms with Crippen LogP contribution in [0.3, 0.4) is 0 Å². The van der Waals surface area contributed by atoms with E-state index < -0.39 is 10.8 Å². The zero-order chi connectivity index (χ0) is 19.2. The molecule has 1 aromatic heterocycles. The van der Waals surface area contributed by atoms with E-state index in [0.717, 1.165) is 11.3 Å². The van der Waals surface area contributed by atoms with Gasteiger partial charge in [-0.1, -0.05) is 12.1 Å². The summed E-state index contributed by atoms with van der Waals surface area (Å²) in [6.45, 7) is 0. The van der Waals surface area contributed by atoms with Gasteiger partial charge in [-0.05, 0) is 30.3 Å². The van der Waals surface area contributed by atoms with Crippen molar-refractivity contribution in [3.05, 3.63) is 76.0 Å². The number of nitrogens with zero attached hydrogens (tertiary/aromatic N) is 3. The SMILES string of the molecule is COc1ccc(-c2cc(C(=O)NN=Cc3cccc([N+](=O)[O-])c3)[nH]n2)cc1. The first kappa shape index (κ1) is 17.8. The fourth-order valence-corrected chi connectivity index (χ4v) is 2.29. The lowest BCUT2D eigenvalue weighted by Crippen LogP contribution is -2.18. The number of nitro benzene ring substituents is 1. The summed E-state index contributed by atoms with van der Waals surface area (Å²) in [6, 6.07) is 14.8.